The molecule has 1 atom stereocenters. The lowest BCUT2D eigenvalue weighted by atomic mass is 10.1. The maximum Gasteiger partial charge on any atom is 0.124 e. The van der Waals surface area contributed by atoms with Crippen LogP contribution >= 0.6 is 0 Å². The van der Waals surface area contributed by atoms with Crippen molar-refractivity contribution >= 4 is 0 Å². The molecule has 1 aromatic rings. The van der Waals surface area contributed by atoms with E-state index in [-0.39, 0.29) is 12.1 Å². The third-order valence-corrected chi connectivity index (χ3v) is 2.65. The Morgan fingerprint density at radius 1 is 1.28 bits per heavy atom. The minimum Gasteiger partial charge on any atom is -0.493 e. The maximum atomic E-state index is 9.20. The zero-order chi connectivity index (χ0) is 13.6. The van der Waals surface area contributed by atoms with Crippen molar-refractivity contribution in [3.8, 4) is 5.75 Å². The Morgan fingerprint density at radius 3 is 2.56 bits per heavy atom. The molecule has 102 valence electrons. The zero-order valence-electron chi connectivity index (χ0n) is 11.9. The summed E-state index contributed by atoms with van der Waals surface area (Å²) < 4.78 is 5.76. The molecule has 0 amide bonds. The topological polar surface area (TPSA) is 41.5 Å². The maximum absolute atomic E-state index is 9.20. The second-order valence-corrected chi connectivity index (χ2v) is 5.81. The summed E-state index contributed by atoms with van der Waals surface area (Å²) in [5.74, 6) is 1.21. The van der Waals surface area contributed by atoms with E-state index in [0.717, 1.165) is 17.9 Å². The fraction of sp³-hybridized carbons (Fsp3) is 0.600. The van der Waals surface area contributed by atoms with Gasteiger partial charge in [0.1, 0.15) is 5.75 Å². The SMILES string of the molecule is CC(CNC(C)(C)C)COc1ccccc1CO. The molecule has 1 unspecified atom stereocenters. The van der Waals surface area contributed by atoms with Gasteiger partial charge in [-0.15, -0.1) is 0 Å². The lowest BCUT2D eigenvalue weighted by Crippen LogP contribution is -2.39. The standard InChI is InChI=1S/C15H25NO2/c1-12(9-16-15(2,3)4)11-18-14-8-6-5-7-13(14)10-17/h5-8,12,16-17H,9-11H2,1-4H3. The molecule has 0 fully saturated rings. The highest BCUT2D eigenvalue weighted by atomic mass is 16.5. The van der Waals surface area contributed by atoms with Crippen LogP contribution in [0.15, 0.2) is 24.3 Å². The summed E-state index contributed by atoms with van der Waals surface area (Å²) >= 11 is 0. The van der Waals surface area contributed by atoms with Gasteiger partial charge in [0.15, 0.2) is 0 Å². The van der Waals surface area contributed by atoms with Gasteiger partial charge in [0.05, 0.1) is 13.2 Å². The first-order valence-electron chi connectivity index (χ1n) is 6.49. The molecule has 3 heteroatoms. The fourth-order valence-corrected chi connectivity index (χ4v) is 1.55. The second kappa shape index (κ2) is 6.76. The van der Waals surface area contributed by atoms with E-state index < -0.39 is 0 Å². The van der Waals surface area contributed by atoms with Crippen molar-refractivity contribution in [2.75, 3.05) is 13.2 Å². The Bertz CT molecular complexity index is 358. The first-order chi connectivity index (χ1) is 8.42. The van der Waals surface area contributed by atoms with E-state index in [0.29, 0.717) is 12.5 Å². The molecule has 0 aliphatic rings. The highest BCUT2D eigenvalue weighted by Crippen LogP contribution is 2.18. The molecule has 1 rings (SSSR count). The van der Waals surface area contributed by atoms with Crippen LogP contribution in [0.5, 0.6) is 5.75 Å². The number of aliphatic hydroxyl groups excluding tert-OH is 1. The Labute approximate surface area is 110 Å². The number of hydrogen-bond donors (Lipinski definition) is 2. The van der Waals surface area contributed by atoms with Crippen molar-refractivity contribution in [3.63, 3.8) is 0 Å². The van der Waals surface area contributed by atoms with E-state index in [1.807, 2.05) is 24.3 Å². The van der Waals surface area contributed by atoms with Gasteiger partial charge >= 0.3 is 0 Å². The van der Waals surface area contributed by atoms with Crippen LogP contribution in [0.2, 0.25) is 0 Å². The normalized spacial score (nSPS) is 13.4. The van der Waals surface area contributed by atoms with E-state index in [1.165, 1.54) is 0 Å². The molecule has 3 nitrogen and oxygen atoms in total. The zero-order valence-corrected chi connectivity index (χ0v) is 11.9. The molecule has 0 aliphatic carbocycles. The van der Waals surface area contributed by atoms with Crippen LogP contribution in [-0.2, 0) is 6.61 Å². The molecule has 0 heterocycles. The van der Waals surface area contributed by atoms with Crippen molar-refractivity contribution in [1.82, 2.24) is 5.32 Å². The summed E-state index contributed by atoms with van der Waals surface area (Å²) in [5, 5.41) is 12.7. The number of nitrogens with one attached hydrogen (secondary N) is 1. The number of ether oxygens (including phenoxy) is 1. The van der Waals surface area contributed by atoms with Gasteiger partial charge in [0.25, 0.3) is 0 Å². The van der Waals surface area contributed by atoms with Gasteiger partial charge in [-0.1, -0.05) is 25.1 Å². The lowest BCUT2D eigenvalue weighted by Gasteiger charge is -2.23. The van der Waals surface area contributed by atoms with E-state index in [4.69, 9.17) is 4.74 Å². The van der Waals surface area contributed by atoms with Crippen molar-refractivity contribution < 1.29 is 9.84 Å². The van der Waals surface area contributed by atoms with Gasteiger partial charge in [-0.3, -0.25) is 0 Å². The van der Waals surface area contributed by atoms with Gasteiger partial charge in [0, 0.05) is 23.6 Å². The first-order valence-corrected chi connectivity index (χ1v) is 6.49. The van der Waals surface area contributed by atoms with Crippen molar-refractivity contribution in [2.45, 2.75) is 39.8 Å². The largest absolute Gasteiger partial charge is 0.493 e. The molecule has 0 saturated carbocycles. The van der Waals surface area contributed by atoms with E-state index in [2.05, 4.69) is 33.0 Å². The van der Waals surface area contributed by atoms with E-state index in [1.54, 1.807) is 0 Å². The van der Waals surface area contributed by atoms with Gasteiger partial charge in [-0.25, -0.2) is 0 Å². The molecule has 0 bridgehead atoms. The monoisotopic (exact) mass is 251 g/mol. The first kappa shape index (κ1) is 15.0. The average Bonchev–Trinajstić information content (AvgIpc) is 2.33. The average molecular weight is 251 g/mol. The molecular weight excluding hydrogens is 226 g/mol. The van der Waals surface area contributed by atoms with Gasteiger partial charge < -0.3 is 15.2 Å². The van der Waals surface area contributed by atoms with Crippen LogP contribution in [0.4, 0.5) is 0 Å². The summed E-state index contributed by atoms with van der Waals surface area (Å²) in [4.78, 5) is 0. The van der Waals surface area contributed by atoms with E-state index in [9.17, 15) is 5.11 Å². The number of benzene rings is 1. The molecule has 1 aromatic carbocycles. The number of para-hydroxylation sites is 1. The van der Waals surface area contributed by atoms with Crippen molar-refractivity contribution in [2.24, 2.45) is 5.92 Å². The third-order valence-electron chi connectivity index (χ3n) is 2.65. The van der Waals surface area contributed by atoms with Crippen LogP contribution in [0, 0.1) is 5.92 Å². The fourth-order valence-electron chi connectivity index (χ4n) is 1.55. The Kier molecular flexibility index (Phi) is 5.63. The van der Waals surface area contributed by atoms with Crippen LogP contribution in [0.1, 0.15) is 33.3 Å². The highest BCUT2D eigenvalue weighted by molar-refractivity contribution is 5.32. The molecule has 0 spiro atoms. The molecule has 18 heavy (non-hydrogen) atoms. The summed E-state index contributed by atoms with van der Waals surface area (Å²) in [6.07, 6.45) is 0. The molecular formula is C15H25NO2. The van der Waals surface area contributed by atoms with Crippen LogP contribution in [0.3, 0.4) is 0 Å². The Hall–Kier alpha value is -1.06. The van der Waals surface area contributed by atoms with Crippen molar-refractivity contribution in [1.29, 1.82) is 0 Å². The summed E-state index contributed by atoms with van der Waals surface area (Å²) in [6, 6.07) is 7.61. The predicted molar refractivity (Wildman–Crippen MR) is 74.8 cm³/mol. The Morgan fingerprint density at radius 2 is 1.94 bits per heavy atom. The quantitative estimate of drug-likeness (QED) is 0.816. The van der Waals surface area contributed by atoms with Crippen LogP contribution < -0.4 is 10.1 Å². The van der Waals surface area contributed by atoms with Crippen molar-refractivity contribution in [3.05, 3.63) is 29.8 Å². The summed E-state index contributed by atoms with van der Waals surface area (Å²) in [6.45, 7) is 10.2. The predicted octanol–water partition coefficient (Wildman–Crippen LogP) is 2.58. The molecule has 0 aromatic heterocycles. The summed E-state index contributed by atoms with van der Waals surface area (Å²) in [5.41, 5.74) is 0.977. The second-order valence-electron chi connectivity index (χ2n) is 5.81. The molecule has 0 radical (unpaired) electrons. The van der Waals surface area contributed by atoms with Gasteiger partial charge in [-0.05, 0) is 26.8 Å². The van der Waals surface area contributed by atoms with Crippen LogP contribution in [-0.4, -0.2) is 23.8 Å². The van der Waals surface area contributed by atoms with Gasteiger partial charge in [0.2, 0.25) is 0 Å². The number of rotatable bonds is 6. The van der Waals surface area contributed by atoms with Crippen LogP contribution in [0.25, 0.3) is 0 Å². The smallest absolute Gasteiger partial charge is 0.124 e. The number of hydrogen-bond acceptors (Lipinski definition) is 3. The minimum atomic E-state index is 0.0186. The van der Waals surface area contributed by atoms with Gasteiger partial charge in [-0.2, -0.15) is 0 Å². The lowest BCUT2D eigenvalue weighted by molar-refractivity contribution is 0.230. The third kappa shape index (κ3) is 5.52. The van der Waals surface area contributed by atoms with E-state index >= 15 is 0 Å². The number of aliphatic hydroxyl groups is 1. The Balaban J connectivity index is 2.40. The minimum absolute atomic E-state index is 0.0186. The summed E-state index contributed by atoms with van der Waals surface area (Å²) in [7, 11) is 0. The highest BCUT2D eigenvalue weighted by Gasteiger charge is 2.12. The molecule has 2 N–H and O–H groups in total. The molecule has 0 saturated heterocycles. The molecule has 0 aliphatic heterocycles.